The smallest absolute Gasteiger partial charge is 0.309 e. The number of esters is 1. The summed E-state index contributed by atoms with van der Waals surface area (Å²) in [6.45, 7) is 1.50. The molecule has 0 heterocycles. The van der Waals surface area contributed by atoms with Gasteiger partial charge in [0.1, 0.15) is 0 Å². The molecule has 0 saturated heterocycles. The van der Waals surface area contributed by atoms with Gasteiger partial charge < -0.3 is 4.74 Å². The van der Waals surface area contributed by atoms with Crippen LogP contribution in [0.4, 0.5) is 0 Å². The highest BCUT2D eigenvalue weighted by atomic mass is 35.5. The molecule has 1 rings (SSSR count). The Hall–Kier alpha value is -0.780. The predicted molar refractivity (Wildman–Crippen MR) is 75.1 cm³/mol. The zero-order valence-corrected chi connectivity index (χ0v) is 12.8. The lowest BCUT2D eigenvalue weighted by molar-refractivity contribution is -0.144. The monoisotopic (exact) mass is 324 g/mol. The van der Waals surface area contributed by atoms with E-state index in [-0.39, 0.29) is 16.5 Å². The number of hydrogen-bond donors (Lipinski definition) is 0. The largest absolute Gasteiger partial charge is 0.469 e. The summed E-state index contributed by atoms with van der Waals surface area (Å²) in [5.74, 6) is -1.82. The first-order chi connectivity index (χ1) is 8.76. The van der Waals surface area contributed by atoms with Gasteiger partial charge in [0.05, 0.1) is 34.6 Å². The molecule has 0 aliphatic heterocycles. The number of hydrogen-bond acceptors (Lipinski definition) is 4. The molecular weight excluding hydrogens is 311 g/mol. The van der Waals surface area contributed by atoms with E-state index in [9.17, 15) is 13.2 Å². The highest BCUT2D eigenvalue weighted by Crippen LogP contribution is 2.27. The molecule has 4 nitrogen and oxygen atoms in total. The summed E-state index contributed by atoms with van der Waals surface area (Å²) in [5, 5.41) is 0.522. The minimum atomic E-state index is -3.47. The second kappa shape index (κ2) is 6.59. The van der Waals surface area contributed by atoms with Crippen LogP contribution in [-0.2, 0) is 25.1 Å². The highest BCUT2D eigenvalue weighted by molar-refractivity contribution is 7.90. The zero-order valence-electron chi connectivity index (χ0n) is 10.5. The van der Waals surface area contributed by atoms with Crippen LogP contribution in [0.15, 0.2) is 18.2 Å². The minimum Gasteiger partial charge on any atom is -0.469 e. The number of sulfone groups is 1. The van der Waals surface area contributed by atoms with Crippen molar-refractivity contribution in [2.75, 3.05) is 12.9 Å². The van der Waals surface area contributed by atoms with Gasteiger partial charge in [0, 0.05) is 0 Å². The van der Waals surface area contributed by atoms with E-state index in [0.29, 0.717) is 10.6 Å². The molecule has 1 unspecified atom stereocenters. The van der Waals surface area contributed by atoms with E-state index < -0.39 is 21.7 Å². The van der Waals surface area contributed by atoms with Crippen molar-refractivity contribution in [3.8, 4) is 0 Å². The van der Waals surface area contributed by atoms with E-state index in [2.05, 4.69) is 4.74 Å². The van der Waals surface area contributed by atoms with Gasteiger partial charge in [0.15, 0.2) is 9.84 Å². The Morgan fingerprint density at radius 2 is 2.00 bits per heavy atom. The summed E-state index contributed by atoms with van der Waals surface area (Å²) in [7, 11) is -2.25. The molecule has 0 aliphatic carbocycles. The van der Waals surface area contributed by atoms with E-state index >= 15 is 0 Å². The van der Waals surface area contributed by atoms with E-state index in [1.54, 1.807) is 18.2 Å². The van der Waals surface area contributed by atoms with Crippen LogP contribution in [0.2, 0.25) is 10.0 Å². The topological polar surface area (TPSA) is 60.4 Å². The predicted octanol–water partition coefficient (Wildman–Crippen LogP) is 2.72. The molecule has 19 heavy (non-hydrogen) atoms. The van der Waals surface area contributed by atoms with E-state index in [0.717, 1.165) is 0 Å². The first-order valence-electron chi connectivity index (χ1n) is 5.48. The maximum atomic E-state index is 12.0. The van der Waals surface area contributed by atoms with Crippen LogP contribution in [0, 0.1) is 5.92 Å². The fourth-order valence-electron chi connectivity index (χ4n) is 1.61. The molecule has 0 aromatic heterocycles. The van der Waals surface area contributed by atoms with Crippen molar-refractivity contribution in [3.05, 3.63) is 33.8 Å². The van der Waals surface area contributed by atoms with Crippen molar-refractivity contribution in [1.29, 1.82) is 0 Å². The van der Waals surface area contributed by atoms with E-state index in [1.165, 1.54) is 14.0 Å². The Morgan fingerprint density at radius 1 is 1.37 bits per heavy atom. The van der Waals surface area contributed by atoms with Crippen LogP contribution in [-0.4, -0.2) is 27.2 Å². The van der Waals surface area contributed by atoms with Gasteiger partial charge in [0.2, 0.25) is 0 Å². The molecule has 1 aromatic carbocycles. The summed E-state index contributed by atoms with van der Waals surface area (Å²) in [5.41, 5.74) is 0.422. The Balaban J connectivity index is 2.86. The molecule has 0 saturated carbocycles. The number of carbonyl (C=O) groups is 1. The van der Waals surface area contributed by atoms with Crippen molar-refractivity contribution in [1.82, 2.24) is 0 Å². The summed E-state index contributed by atoms with van der Waals surface area (Å²) in [6, 6.07) is 4.80. The third kappa shape index (κ3) is 4.67. The molecule has 0 amide bonds. The standard InChI is InChI=1S/C12H14Cl2O4S/c1-8(12(15)18-2)6-19(16,17)7-9-4-3-5-10(13)11(9)14/h3-5,8H,6-7H2,1-2H3. The molecule has 1 aromatic rings. The fourth-order valence-corrected chi connectivity index (χ4v) is 3.80. The third-order valence-corrected chi connectivity index (χ3v) is 5.13. The lowest BCUT2D eigenvalue weighted by Crippen LogP contribution is -2.23. The Bertz CT molecular complexity index is 569. The number of methoxy groups -OCH3 is 1. The average Bonchev–Trinajstić information content (AvgIpc) is 2.33. The molecule has 0 radical (unpaired) electrons. The normalized spacial score (nSPS) is 13.1. The van der Waals surface area contributed by atoms with Crippen molar-refractivity contribution in [2.45, 2.75) is 12.7 Å². The summed E-state index contributed by atoms with van der Waals surface area (Å²) >= 11 is 11.8. The Morgan fingerprint density at radius 3 is 2.58 bits per heavy atom. The Labute approximate surface area is 122 Å². The molecule has 0 aliphatic rings. The number of rotatable bonds is 5. The van der Waals surface area contributed by atoms with E-state index in [4.69, 9.17) is 23.2 Å². The molecule has 0 fully saturated rings. The minimum absolute atomic E-state index is 0.221. The van der Waals surface area contributed by atoms with Crippen molar-refractivity contribution in [2.24, 2.45) is 5.92 Å². The SMILES string of the molecule is COC(=O)C(C)CS(=O)(=O)Cc1cccc(Cl)c1Cl. The van der Waals surface area contributed by atoms with Crippen molar-refractivity contribution in [3.63, 3.8) is 0 Å². The number of carbonyl (C=O) groups excluding carboxylic acids is 1. The summed E-state index contributed by atoms with van der Waals surface area (Å²) in [4.78, 5) is 11.2. The molecule has 106 valence electrons. The van der Waals surface area contributed by atoms with Gasteiger partial charge in [-0.3, -0.25) is 4.79 Å². The lowest BCUT2D eigenvalue weighted by Gasteiger charge is -2.11. The second-order valence-electron chi connectivity index (χ2n) is 4.19. The van der Waals surface area contributed by atoms with Crippen molar-refractivity contribution >= 4 is 39.0 Å². The maximum Gasteiger partial charge on any atom is 0.309 e. The molecule has 0 spiro atoms. The van der Waals surface area contributed by atoms with E-state index in [1.807, 2.05) is 0 Å². The molecule has 0 N–H and O–H groups in total. The first kappa shape index (κ1) is 16.3. The second-order valence-corrected chi connectivity index (χ2v) is 7.09. The van der Waals surface area contributed by atoms with Crippen molar-refractivity contribution < 1.29 is 17.9 Å². The number of benzene rings is 1. The highest BCUT2D eigenvalue weighted by Gasteiger charge is 2.23. The zero-order chi connectivity index (χ0) is 14.6. The van der Waals surface area contributed by atoms with Crippen LogP contribution in [0.5, 0.6) is 0 Å². The van der Waals surface area contributed by atoms with Crippen LogP contribution >= 0.6 is 23.2 Å². The average molecular weight is 325 g/mol. The summed E-state index contributed by atoms with van der Waals surface area (Å²) < 4.78 is 28.5. The molecule has 7 heteroatoms. The quantitative estimate of drug-likeness (QED) is 0.781. The number of halogens is 2. The summed E-state index contributed by atoms with van der Waals surface area (Å²) in [6.07, 6.45) is 0. The number of ether oxygens (including phenoxy) is 1. The van der Waals surface area contributed by atoms with Gasteiger partial charge in [-0.25, -0.2) is 8.42 Å². The van der Waals surface area contributed by atoms with Crippen LogP contribution in [0.3, 0.4) is 0 Å². The molecule has 1 atom stereocenters. The van der Waals surface area contributed by atoms with Gasteiger partial charge >= 0.3 is 5.97 Å². The first-order valence-corrected chi connectivity index (χ1v) is 8.05. The van der Waals surface area contributed by atoms with Crippen LogP contribution < -0.4 is 0 Å². The van der Waals surface area contributed by atoms with Gasteiger partial charge in [-0.1, -0.05) is 42.3 Å². The lowest BCUT2D eigenvalue weighted by atomic mass is 10.2. The molecular formula is C12H14Cl2O4S. The van der Waals surface area contributed by atoms with Gasteiger partial charge in [-0.15, -0.1) is 0 Å². The van der Waals surface area contributed by atoms with Crippen LogP contribution in [0.1, 0.15) is 12.5 Å². The van der Waals surface area contributed by atoms with Gasteiger partial charge in [-0.05, 0) is 11.6 Å². The van der Waals surface area contributed by atoms with Crippen LogP contribution in [0.25, 0.3) is 0 Å². The maximum absolute atomic E-state index is 12.0. The van der Waals surface area contributed by atoms with Gasteiger partial charge in [-0.2, -0.15) is 0 Å². The molecule has 0 bridgehead atoms. The third-order valence-electron chi connectivity index (χ3n) is 2.51. The van der Waals surface area contributed by atoms with Gasteiger partial charge in [0.25, 0.3) is 0 Å². The Kier molecular flexibility index (Phi) is 5.64. The fraction of sp³-hybridized carbons (Fsp3) is 0.417.